The van der Waals surface area contributed by atoms with Gasteiger partial charge in [0.05, 0.1) is 18.8 Å². The average Bonchev–Trinajstić information content (AvgIpc) is 2.56. The van der Waals surface area contributed by atoms with Crippen LogP contribution in [0.2, 0.25) is 0 Å². The lowest BCUT2D eigenvalue weighted by Crippen LogP contribution is -2.41. The third-order valence-corrected chi connectivity index (χ3v) is 4.61. The van der Waals surface area contributed by atoms with Crippen molar-refractivity contribution in [3.05, 3.63) is 23.9 Å². The number of ether oxygens (including phenoxy) is 1. The van der Waals surface area contributed by atoms with Gasteiger partial charge in [-0.1, -0.05) is 19.8 Å². The second kappa shape index (κ2) is 7.09. The highest BCUT2D eigenvalue weighted by Gasteiger charge is 2.24. The van der Waals surface area contributed by atoms with Crippen molar-refractivity contribution in [1.82, 2.24) is 10.3 Å². The SMILES string of the molecule is CC1CCCC(NC(=O)c2cccnc2N2CCOCC2)C1. The summed E-state index contributed by atoms with van der Waals surface area (Å²) in [6, 6.07) is 4.01. The number of aromatic nitrogens is 1. The fraction of sp³-hybridized carbons (Fsp3) is 0.647. The van der Waals surface area contributed by atoms with Crippen molar-refractivity contribution in [2.45, 2.75) is 38.6 Å². The molecule has 1 aromatic heterocycles. The number of nitrogens with one attached hydrogen (secondary N) is 1. The molecule has 2 atom stereocenters. The fourth-order valence-electron chi connectivity index (χ4n) is 3.43. The Bertz CT molecular complexity index is 514. The van der Waals surface area contributed by atoms with Gasteiger partial charge in [0, 0.05) is 25.3 Å². The molecule has 5 nitrogen and oxygen atoms in total. The summed E-state index contributed by atoms with van der Waals surface area (Å²) < 4.78 is 5.38. The molecule has 1 N–H and O–H groups in total. The molecule has 3 rings (SSSR count). The average molecular weight is 303 g/mol. The summed E-state index contributed by atoms with van der Waals surface area (Å²) in [6.45, 7) is 5.23. The first-order chi connectivity index (χ1) is 10.7. The van der Waals surface area contributed by atoms with Crippen molar-refractivity contribution in [2.75, 3.05) is 31.2 Å². The first-order valence-corrected chi connectivity index (χ1v) is 8.32. The van der Waals surface area contributed by atoms with Gasteiger partial charge >= 0.3 is 0 Å². The van der Waals surface area contributed by atoms with Crippen LogP contribution in [-0.4, -0.2) is 43.2 Å². The molecule has 5 heteroatoms. The van der Waals surface area contributed by atoms with Crippen LogP contribution in [0, 0.1) is 5.92 Å². The zero-order chi connectivity index (χ0) is 15.4. The van der Waals surface area contributed by atoms with E-state index in [0.29, 0.717) is 30.7 Å². The number of carbonyl (C=O) groups is 1. The van der Waals surface area contributed by atoms with Crippen LogP contribution in [0.4, 0.5) is 5.82 Å². The number of anilines is 1. The van der Waals surface area contributed by atoms with Gasteiger partial charge in [-0.3, -0.25) is 4.79 Å². The van der Waals surface area contributed by atoms with E-state index in [4.69, 9.17) is 4.74 Å². The van der Waals surface area contributed by atoms with Crippen LogP contribution in [-0.2, 0) is 4.74 Å². The molecule has 0 spiro atoms. The van der Waals surface area contributed by atoms with E-state index in [-0.39, 0.29) is 5.91 Å². The van der Waals surface area contributed by atoms with E-state index >= 15 is 0 Å². The van der Waals surface area contributed by atoms with E-state index in [1.807, 2.05) is 12.1 Å². The second-order valence-corrected chi connectivity index (χ2v) is 6.42. The molecule has 22 heavy (non-hydrogen) atoms. The lowest BCUT2D eigenvalue weighted by Gasteiger charge is -2.30. The molecule has 2 fully saturated rings. The Hall–Kier alpha value is -1.62. The molecule has 1 aromatic rings. The first kappa shape index (κ1) is 15.3. The standard InChI is InChI=1S/C17H25N3O2/c1-13-4-2-5-14(12-13)19-17(21)15-6-3-7-18-16(15)20-8-10-22-11-9-20/h3,6-7,13-14H,2,4-5,8-12H2,1H3,(H,19,21). The molecule has 0 bridgehead atoms. The molecule has 0 radical (unpaired) electrons. The van der Waals surface area contributed by atoms with Crippen LogP contribution in [0.3, 0.4) is 0 Å². The van der Waals surface area contributed by atoms with Crippen LogP contribution in [0.5, 0.6) is 0 Å². The molecule has 1 saturated heterocycles. The summed E-state index contributed by atoms with van der Waals surface area (Å²) >= 11 is 0. The van der Waals surface area contributed by atoms with Crippen molar-refractivity contribution in [3.8, 4) is 0 Å². The number of nitrogens with zero attached hydrogens (tertiary/aromatic N) is 2. The van der Waals surface area contributed by atoms with E-state index < -0.39 is 0 Å². The zero-order valence-corrected chi connectivity index (χ0v) is 13.3. The molecular formula is C17H25N3O2. The zero-order valence-electron chi connectivity index (χ0n) is 13.3. The van der Waals surface area contributed by atoms with E-state index in [1.165, 1.54) is 12.8 Å². The van der Waals surface area contributed by atoms with Crippen molar-refractivity contribution < 1.29 is 9.53 Å². The van der Waals surface area contributed by atoms with Crippen LogP contribution < -0.4 is 10.2 Å². The third-order valence-electron chi connectivity index (χ3n) is 4.61. The van der Waals surface area contributed by atoms with Gasteiger partial charge in [0.1, 0.15) is 5.82 Å². The largest absolute Gasteiger partial charge is 0.378 e. The monoisotopic (exact) mass is 303 g/mol. The van der Waals surface area contributed by atoms with Crippen molar-refractivity contribution >= 4 is 11.7 Å². The van der Waals surface area contributed by atoms with Gasteiger partial charge in [0.15, 0.2) is 0 Å². The quantitative estimate of drug-likeness (QED) is 0.930. The minimum atomic E-state index is 0.00805. The predicted molar refractivity (Wildman–Crippen MR) is 86.2 cm³/mol. The molecule has 2 unspecified atom stereocenters. The Kier molecular flexibility index (Phi) is 4.93. The smallest absolute Gasteiger partial charge is 0.255 e. The van der Waals surface area contributed by atoms with Crippen molar-refractivity contribution in [2.24, 2.45) is 5.92 Å². The van der Waals surface area contributed by atoms with Gasteiger partial charge in [-0.15, -0.1) is 0 Å². The molecule has 1 amide bonds. The lowest BCUT2D eigenvalue weighted by molar-refractivity contribution is 0.0919. The van der Waals surface area contributed by atoms with Gasteiger partial charge in [0.2, 0.25) is 0 Å². The van der Waals surface area contributed by atoms with Gasteiger partial charge in [-0.25, -0.2) is 4.98 Å². The number of rotatable bonds is 3. The third kappa shape index (κ3) is 3.58. The van der Waals surface area contributed by atoms with Gasteiger partial charge in [-0.05, 0) is 30.9 Å². The highest BCUT2D eigenvalue weighted by atomic mass is 16.5. The number of amides is 1. The maximum Gasteiger partial charge on any atom is 0.255 e. The summed E-state index contributed by atoms with van der Waals surface area (Å²) in [5, 5.41) is 3.21. The van der Waals surface area contributed by atoms with Crippen LogP contribution in [0.25, 0.3) is 0 Å². The molecule has 2 aliphatic rings. The topological polar surface area (TPSA) is 54.5 Å². The highest BCUT2D eigenvalue weighted by molar-refractivity contribution is 5.99. The van der Waals surface area contributed by atoms with Crippen molar-refractivity contribution in [3.63, 3.8) is 0 Å². The summed E-state index contributed by atoms with van der Waals surface area (Å²) in [4.78, 5) is 19.3. The minimum absolute atomic E-state index is 0.00805. The number of morpholine rings is 1. The predicted octanol–water partition coefficient (Wildman–Crippen LogP) is 2.23. The van der Waals surface area contributed by atoms with Gasteiger partial charge in [-0.2, -0.15) is 0 Å². The summed E-state index contributed by atoms with van der Waals surface area (Å²) in [5.74, 6) is 1.49. The Labute approximate surface area is 132 Å². The highest BCUT2D eigenvalue weighted by Crippen LogP contribution is 2.24. The molecule has 120 valence electrons. The van der Waals surface area contributed by atoms with Crippen LogP contribution >= 0.6 is 0 Å². The van der Waals surface area contributed by atoms with Crippen LogP contribution in [0.1, 0.15) is 43.0 Å². The Balaban J connectivity index is 1.71. The Morgan fingerprint density at radius 2 is 2.18 bits per heavy atom. The van der Waals surface area contributed by atoms with Crippen molar-refractivity contribution in [1.29, 1.82) is 0 Å². The minimum Gasteiger partial charge on any atom is -0.378 e. The fourth-order valence-corrected chi connectivity index (χ4v) is 3.43. The Morgan fingerprint density at radius 1 is 1.36 bits per heavy atom. The van der Waals surface area contributed by atoms with Crippen LogP contribution in [0.15, 0.2) is 18.3 Å². The molecular weight excluding hydrogens is 278 g/mol. The van der Waals surface area contributed by atoms with Gasteiger partial charge < -0.3 is 15.0 Å². The maximum atomic E-state index is 12.7. The lowest BCUT2D eigenvalue weighted by atomic mass is 9.87. The van der Waals surface area contributed by atoms with Gasteiger partial charge in [0.25, 0.3) is 5.91 Å². The first-order valence-electron chi connectivity index (χ1n) is 8.32. The number of pyridine rings is 1. The molecule has 1 saturated carbocycles. The number of hydrogen-bond acceptors (Lipinski definition) is 4. The van der Waals surface area contributed by atoms with E-state index in [0.717, 1.165) is 31.7 Å². The molecule has 0 aromatic carbocycles. The normalized spacial score (nSPS) is 25.8. The summed E-state index contributed by atoms with van der Waals surface area (Å²) in [7, 11) is 0. The summed E-state index contributed by atoms with van der Waals surface area (Å²) in [5.41, 5.74) is 0.683. The number of hydrogen-bond donors (Lipinski definition) is 1. The van der Waals surface area contributed by atoms with E-state index in [1.54, 1.807) is 6.20 Å². The van der Waals surface area contributed by atoms with E-state index in [9.17, 15) is 4.79 Å². The van der Waals surface area contributed by atoms with E-state index in [2.05, 4.69) is 22.1 Å². The molecule has 1 aliphatic carbocycles. The summed E-state index contributed by atoms with van der Waals surface area (Å²) in [6.07, 6.45) is 6.40. The second-order valence-electron chi connectivity index (χ2n) is 6.42. The molecule has 2 heterocycles. The Morgan fingerprint density at radius 3 is 2.95 bits per heavy atom. The number of carbonyl (C=O) groups excluding carboxylic acids is 1. The maximum absolute atomic E-state index is 12.7. The molecule has 1 aliphatic heterocycles.